The molecule has 1 aliphatic rings. The van der Waals surface area contributed by atoms with Crippen LogP contribution in [0.1, 0.15) is 12.5 Å². The second-order valence-corrected chi connectivity index (χ2v) is 7.06. The van der Waals surface area contributed by atoms with Crippen LogP contribution in [0.4, 0.5) is 13.2 Å². The van der Waals surface area contributed by atoms with E-state index in [9.17, 15) is 21.6 Å². The largest absolute Gasteiger partial charge is 0.523 e. The van der Waals surface area contributed by atoms with Gasteiger partial charge >= 0.3 is 15.6 Å². The van der Waals surface area contributed by atoms with E-state index in [4.69, 9.17) is 18.9 Å². The van der Waals surface area contributed by atoms with Crippen molar-refractivity contribution >= 4 is 10.1 Å². The van der Waals surface area contributed by atoms with E-state index in [-0.39, 0.29) is 13.2 Å². The van der Waals surface area contributed by atoms with Gasteiger partial charge in [-0.15, -0.1) is 0 Å². The summed E-state index contributed by atoms with van der Waals surface area (Å²) in [6, 6.07) is 6.97. The summed E-state index contributed by atoms with van der Waals surface area (Å²) >= 11 is 0. The lowest BCUT2D eigenvalue weighted by Crippen LogP contribution is -2.47. The van der Waals surface area contributed by atoms with E-state index in [0.717, 1.165) is 5.56 Å². The van der Waals surface area contributed by atoms with E-state index in [1.165, 1.54) is 14.0 Å². The van der Waals surface area contributed by atoms with Crippen LogP contribution in [0.5, 0.6) is 5.75 Å². The Morgan fingerprint density at radius 2 is 1.88 bits per heavy atom. The van der Waals surface area contributed by atoms with Gasteiger partial charge in [0.25, 0.3) is 0 Å². The highest BCUT2D eigenvalue weighted by Crippen LogP contribution is 2.26. The fourth-order valence-corrected chi connectivity index (χ4v) is 2.61. The number of methoxy groups -OCH3 is 1. The number of alkyl halides is 3. The van der Waals surface area contributed by atoms with Crippen LogP contribution < -0.4 is 4.74 Å². The third-order valence-corrected chi connectivity index (χ3v) is 4.58. The van der Waals surface area contributed by atoms with Gasteiger partial charge in [0.05, 0.1) is 26.9 Å². The highest BCUT2D eigenvalue weighted by atomic mass is 32.2. The molecule has 1 aromatic rings. The molecule has 1 aromatic carbocycles. The van der Waals surface area contributed by atoms with Crippen molar-refractivity contribution in [2.24, 2.45) is 0 Å². The van der Waals surface area contributed by atoms with Gasteiger partial charge in [-0.25, -0.2) is 0 Å². The zero-order valence-corrected chi connectivity index (χ0v) is 14.9. The first-order valence-electron chi connectivity index (χ1n) is 7.59. The molecule has 0 aliphatic carbocycles. The van der Waals surface area contributed by atoms with Crippen LogP contribution in [0.25, 0.3) is 0 Å². The smallest absolute Gasteiger partial charge is 0.497 e. The van der Waals surface area contributed by atoms with Crippen molar-refractivity contribution in [3.8, 4) is 5.75 Å². The summed E-state index contributed by atoms with van der Waals surface area (Å²) in [5.74, 6) is 0.663. The quantitative estimate of drug-likeness (QED) is 0.513. The van der Waals surface area contributed by atoms with E-state index in [2.05, 4.69) is 4.18 Å². The van der Waals surface area contributed by atoms with Gasteiger partial charge in [0.15, 0.2) is 6.29 Å². The van der Waals surface area contributed by atoms with Gasteiger partial charge in [-0.3, -0.25) is 4.18 Å². The third kappa shape index (κ3) is 5.55. The Balaban J connectivity index is 1.96. The van der Waals surface area contributed by atoms with Crippen molar-refractivity contribution in [2.45, 2.75) is 37.5 Å². The molecule has 0 unspecified atom stereocenters. The summed E-state index contributed by atoms with van der Waals surface area (Å²) in [5, 5.41) is 0. The molecule has 7 nitrogen and oxygen atoms in total. The monoisotopic (exact) mass is 400 g/mol. The second kappa shape index (κ2) is 8.53. The molecule has 0 radical (unpaired) electrons. The van der Waals surface area contributed by atoms with Gasteiger partial charge in [0.2, 0.25) is 0 Å². The highest BCUT2D eigenvalue weighted by molar-refractivity contribution is 7.87. The van der Waals surface area contributed by atoms with E-state index in [1.54, 1.807) is 24.3 Å². The van der Waals surface area contributed by atoms with Crippen molar-refractivity contribution < 1.29 is 44.7 Å². The van der Waals surface area contributed by atoms with Crippen LogP contribution in [-0.4, -0.2) is 52.7 Å². The van der Waals surface area contributed by atoms with Crippen molar-refractivity contribution in [3.63, 3.8) is 0 Å². The molecule has 1 aliphatic heterocycles. The Morgan fingerprint density at radius 1 is 1.23 bits per heavy atom. The zero-order chi connectivity index (χ0) is 19.4. The van der Waals surface area contributed by atoms with Crippen LogP contribution in [-0.2, 0) is 35.1 Å². The molecule has 0 aromatic heterocycles. The minimum Gasteiger partial charge on any atom is -0.497 e. The van der Waals surface area contributed by atoms with Crippen molar-refractivity contribution in [1.82, 2.24) is 0 Å². The zero-order valence-electron chi connectivity index (χ0n) is 14.1. The van der Waals surface area contributed by atoms with Gasteiger partial charge in [0, 0.05) is 0 Å². The molecular formula is C15H19F3O7S. The molecule has 0 saturated carbocycles. The topological polar surface area (TPSA) is 80.3 Å². The van der Waals surface area contributed by atoms with E-state index in [1.807, 2.05) is 0 Å². The Labute approximate surface area is 149 Å². The van der Waals surface area contributed by atoms with Crippen molar-refractivity contribution in [3.05, 3.63) is 29.8 Å². The standard InChI is InChI=1S/C15H19F3O7S/c1-10-22-8-13(23-7-11-3-5-12(21-2)6-4-11)14(25-10)9-24-26(19,20)15(16,17)18/h3-6,10,13-14H,7-9H2,1-2H3/t10-,13-,14+/m1/s1. The molecule has 26 heavy (non-hydrogen) atoms. The lowest BCUT2D eigenvalue weighted by Gasteiger charge is -2.34. The summed E-state index contributed by atoms with van der Waals surface area (Å²) < 4.78 is 84.5. The molecule has 1 heterocycles. The normalized spacial score (nSPS) is 24.4. The van der Waals surface area contributed by atoms with Crippen LogP contribution in [0.15, 0.2) is 24.3 Å². The summed E-state index contributed by atoms with van der Waals surface area (Å²) in [7, 11) is -4.17. The molecule has 0 bridgehead atoms. The minimum atomic E-state index is -5.70. The van der Waals surface area contributed by atoms with Gasteiger partial charge in [-0.1, -0.05) is 12.1 Å². The number of rotatable bonds is 7. The number of hydrogen-bond donors (Lipinski definition) is 0. The molecule has 3 atom stereocenters. The number of halogens is 3. The Hall–Kier alpha value is -1.40. The Morgan fingerprint density at radius 3 is 2.46 bits per heavy atom. The third-order valence-electron chi connectivity index (χ3n) is 3.57. The maximum absolute atomic E-state index is 12.4. The maximum Gasteiger partial charge on any atom is 0.523 e. The van der Waals surface area contributed by atoms with Crippen molar-refractivity contribution in [1.29, 1.82) is 0 Å². The second-order valence-electron chi connectivity index (χ2n) is 5.46. The lowest BCUT2D eigenvalue weighted by molar-refractivity contribution is -0.261. The number of hydrogen-bond acceptors (Lipinski definition) is 7. The van der Waals surface area contributed by atoms with Crippen LogP contribution in [0.3, 0.4) is 0 Å². The predicted octanol–water partition coefficient (Wildman–Crippen LogP) is 2.21. The molecule has 0 amide bonds. The predicted molar refractivity (Wildman–Crippen MR) is 82.8 cm³/mol. The average Bonchev–Trinajstić information content (AvgIpc) is 2.58. The first-order valence-corrected chi connectivity index (χ1v) is 9.00. The van der Waals surface area contributed by atoms with Crippen LogP contribution >= 0.6 is 0 Å². The summed E-state index contributed by atoms with van der Waals surface area (Å²) in [6.07, 6.45) is -2.55. The molecule has 0 spiro atoms. The highest BCUT2D eigenvalue weighted by Gasteiger charge is 2.48. The molecule has 1 saturated heterocycles. The lowest BCUT2D eigenvalue weighted by atomic mass is 10.2. The van der Waals surface area contributed by atoms with E-state index in [0.29, 0.717) is 5.75 Å². The molecule has 11 heteroatoms. The first-order chi connectivity index (χ1) is 12.1. The number of benzene rings is 1. The Bertz CT molecular complexity index is 675. The maximum atomic E-state index is 12.4. The molecule has 2 rings (SSSR count). The Kier molecular flexibility index (Phi) is 6.86. The van der Waals surface area contributed by atoms with E-state index >= 15 is 0 Å². The minimum absolute atomic E-state index is 0.0252. The molecule has 0 N–H and O–H groups in total. The molecule has 148 valence electrons. The van der Waals surface area contributed by atoms with Gasteiger partial charge in [-0.05, 0) is 24.6 Å². The van der Waals surface area contributed by atoms with Crippen LogP contribution in [0.2, 0.25) is 0 Å². The van der Waals surface area contributed by atoms with Crippen molar-refractivity contribution in [2.75, 3.05) is 20.3 Å². The fourth-order valence-electron chi connectivity index (χ4n) is 2.16. The first kappa shape index (κ1) is 20.9. The average molecular weight is 400 g/mol. The SMILES string of the molecule is COc1ccc(CO[C@@H]2CO[C@@H](C)O[C@H]2COS(=O)(=O)C(F)(F)F)cc1. The number of ether oxygens (including phenoxy) is 4. The van der Waals surface area contributed by atoms with E-state index < -0.39 is 40.7 Å². The van der Waals surface area contributed by atoms with Gasteiger partial charge < -0.3 is 18.9 Å². The fraction of sp³-hybridized carbons (Fsp3) is 0.600. The van der Waals surface area contributed by atoms with Crippen LogP contribution in [0, 0.1) is 0 Å². The van der Waals surface area contributed by atoms with Gasteiger partial charge in [0.1, 0.15) is 18.0 Å². The summed E-state index contributed by atoms with van der Waals surface area (Å²) in [5.41, 5.74) is -4.71. The molecule has 1 fully saturated rings. The summed E-state index contributed by atoms with van der Waals surface area (Å²) in [6.45, 7) is 0.851. The van der Waals surface area contributed by atoms with Gasteiger partial charge in [-0.2, -0.15) is 21.6 Å². The molecular weight excluding hydrogens is 381 g/mol. The summed E-state index contributed by atoms with van der Waals surface area (Å²) in [4.78, 5) is 0.